The smallest absolute Gasteiger partial charge is 0.244 e. The molecule has 0 spiro atoms. The fourth-order valence-corrected chi connectivity index (χ4v) is 1.18. The molecule has 0 bridgehead atoms. The second-order valence-electron chi connectivity index (χ2n) is 3.88. The van der Waals surface area contributed by atoms with E-state index in [1.54, 1.807) is 13.0 Å². The molecule has 1 aromatic rings. The third kappa shape index (κ3) is 4.51. The first-order valence-corrected chi connectivity index (χ1v) is 5.33. The summed E-state index contributed by atoms with van der Waals surface area (Å²) < 4.78 is 0. The molecule has 17 heavy (non-hydrogen) atoms. The van der Waals surface area contributed by atoms with Crippen molar-refractivity contribution in [3.63, 3.8) is 0 Å². The summed E-state index contributed by atoms with van der Waals surface area (Å²) in [6.45, 7) is 3.54. The van der Waals surface area contributed by atoms with E-state index in [1.165, 1.54) is 6.08 Å². The number of benzene rings is 1. The Labute approximate surface area is 101 Å². The van der Waals surface area contributed by atoms with Crippen molar-refractivity contribution in [3.8, 4) is 0 Å². The van der Waals surface area contributed by atoms with E-state index >= 15 is 0 Å². The summed E-state index contributed by atoms with van der Waals surface area (Å²) in [5.41, 5.74) is 7.12. The Morgan fingerprint density at radius 3 is 2.41 bits per heavy atom. The molecule has 0 saturated carbocycles. The van der Waals surface area contributed by atoms with E-state index < -0.39 is 11.9 Å². The molecule has 0 aliphatic carbocycles. The van der Waals surface area contributed by atoms with Crippen molar-refractivity contribution in [3.05, 3.63) is 41.5 Å². The molecule has 2 amide bonds. The highest BCUT2D eigenvalue weighted by molar-refractivity contribution is 5.95. The van der Waals surface area contributed by atoms with Crippen molar-refractivity contribution in [2.45, 2.75) is 19.9 Å². The normalized spacial score (nSPS) is 12.4. The van der Waals surface area contributed by atoms with Gasteiger partial charge < -0.3 is 11.1 Å². The predicted octanol–water partition coefficient (Wildman–Crippen LogP) is 0.998. The Kier molecular flexibility index (Phi) is 4.46. The van der Waals surface area contributed by atoms with Crippen molar-refractivity contribution in [1.82, 2.24) is 5.32 Å². The monoisotopic (exact) mass is 232 g/mol. The van der Waals surface area contributed by atoms with E-state index in [0.29, 0.717) is 0 Å². The number of amides is 2. The molecular weight excluding hydrogens is 216 g/mol. The van der Waals surface area contributed by atoms with Gasteiger partial charge in [0.25, 0.3) is 0 Å². The van der Waals surface area contributed by atoms with Gasteiger partial charge in [0, 0.05) is 6.08 Å². The molecule has 0 aliphatic heterocycles. The van der Waals surface area contributed by atoms with Crippen molar-refractivity contribution in [2.75, 3.05) is 0 Å². The van der Waals surface area contributed by atoms with Crippen LogP contribution in [-0.2, 0) is 9.59 Å². The van der Waals surface area contributed by atoms with Gasteiger partial charge in [-0.25, -0.2) is 0 Å². The predicted molar refractivity (Wildman–Crippen MR) is 67.0 cm³/mol. The van der Waals surface area contributed by atoms with Gasteiger partial charge in [0.2, 0.25) is 11.8 Å². The summed E-state index contributed by atoms with van der Waals surface area (Å²) in [6.07, 6.45) is 3.06. The molecule has 4 heteroatoms. The second kappa shape index (κ2) is 5.84. The zero-order valence-electron chi connectivity index (χ0n) is 9.94. The summed E-state index contributed by atoms with van der Waals surface area (Å²) >= 11 is 0. The largest absolute Gasteiger partial charge is 0.368 e. The first-order valence-electron chi connectivity index (χ1n) is 5.33. The first kappa shape index (κ1) is 13.0. The molecule has 1 atom stereocenters. The number of nitrogens with one attached hydrogen (secondary N) is 1. The minimum atomic E-state index is -0.662. The Hall–Kier alpha value is -2.10. The quantitative estimate of drug-likeness (QED) is 0.760. The fraction of sp³-hybridized carbons (Fsp3) is 0.231. The van der Waals surface area contributed by atoms with Crippen LogP contribution in [0.15, 0.2) is 30.3 Å². The molecule has 0 radical (unpaired) electrons. The fourth-order valence-electron chi connectivity index (χ4n) is 1.18. The minimum absolute atomic E-state index is 0.336. The SMILES string of the molecule is Cc1ccc(/C=C/C(=O)NC(C)C(N)=O)cc1. The molecule has 0 fully saturated rings. The van der Waals surface area contributed by atoms with Crippen LogP contribution in [-0.4, -0.2) is 17.9 Å². The molecule has 1 aromatic carbocycles. The summed E-state index contributed by atoms with van der Waals surface area (Å²) in [7, 11) is 0. The van der Waals surface area contributed by atoms with Crippen LogP contribution in [0.3, 0.4) is 0 Å². The minimum Gasteiger partial charge on any atom is -0.368 e. The number of nitrogens with two attached hydrogens (primary N) is 1. The number of hydrogen-bond acceptors (Lipinski definition) is 2. The first-order chi connectivity index (χ1) is 7.99. The molecule has 0 heterocycles. The Morgan fingerprint density at radius 1 is 1.29 bits per heavy atom. The van der Waals surface area contributed by atoms with Crippen LogP contribution in [0.5, 0.6) is 0 Å². The third-order valence-corrected chi connectivity index (χ3v) is 2.29. The van der Waals surface area contributed by atoms with Crippen LogP contribution in [0.4, 0.5) is 0 Å². The highest BCUT2D eigenvalue weighted by Crippen LogP contribution is 2.04. The number of hydrogen-bond donors (Lipinski definition) is 2. The summed E-state index contributed by atoms with van der Waals surface area (Å²) in [5, 5.41) is 2.46. The second-order valence-corrected chi connectivity index (χ2v) is 3.88. The van der Waals surface area contributed by atoms with Gasteiger partial charge in [0.1, 0.15) is 6.04 Å². The zero-order chi connectivity index (χ0) is 12.8. The Balaban J connectivity index is 2.56. The van der Waals surface area contributed by atoms with E-state index in [0.717, 1.165) is 11.1 Å². The molecule has 90 valence electrons. The number of aryl methyl sites for hydroxylation is 1. The Morgan fingerprint density at radius 2 is 1.88 bits per heavy atom. The number of primary amides is 1. The molecule has 4 nitrogen and oxygen atoms in total. The third-order valence-electron chi connectivity index (χ3n) is 2.29. The average Bonchev–Trinajstić information content (AvgIpc) is 2.28. The van der Waals surface area contributed by atoms with Gasteiger partial charge in [0.05, 0.1) is 0 Å². The van der Waals surface area contributed by atoms with Crippen LogP contribution < -0.4 is 11.1 Å². The van der Waals surface area contributed by atoms with Gasteiger partial charge in [-0.15, -0.1) is 0 Å². The molecular formula is C13H16N2O2. The van der Waals surface area contributed by atoms with Gasteiger partial charge in [0.15, 0.2) is 0 Å². The molecule has 0 aromatic heterocycles. The van der Waals surface area contributed by atoms with Crippen molar-refractivity contribution in [1.29, 1.82) is 0 Å². The van der Waals surface area contributed by atoms with Gasteiger partial charge in [-0.3, -0.25) is 9.59 Å². The van der Waals surface area contributed by atoms with E-state index in [4.69, 9.17) is 5.73 Å². The van der Waals surface area contributed by atoms with Crippen molar-refractivity contribution >= 4 is 17.9 Å². The highest BCUT2D eigenvalue weighted by Gasteiger charge is 2.09. The molecule has 0 aliphatic rings. The summed E-state index contributed by atoms with van der Waals surface area (Å²) in [5.74, 6) is -0.890. The number of carbonyl (C=O) groups is 2. The topological polar surface area (TPSA) is 72.2 Å². The highest BCUT2D eigenvalue weighted by atomic mass is 16.2. The average molecular weight is 232 g/mol. The van der Waals surface area contributed by atoms with Crippen LogP contribution in [0.2, 0.25) is 0 Å². The lowest BCUT2D eigenvalue weighted by atomic mass is 10.1. The molecule has 3 N–H and O–H groups in total. The van der Waals surface area contributed by atoms with Gasteiger partial charge in [-0.05, 0) is 25.5 Å². The maximum Gasteiger partial charge on any atom is 0.244 e. The van der Waals surface area contributed by atoms with E-state index in [2.05, 4.69) is 5.32 Å². The maximum atomic E-state index is 11.4. The van der Waals surface area contributed by atoms with Crippen LogP contribution >= 0.6 is 0 Å². The van der Waals surface area contributed by atoms with Crippen molar-refractivity contribution < 1.29 is 9.59 Å². The standard InChI is InChI=1S/C13H16N2O2/c1-9-3-5-11(6-4-9)7-8-12(16)15-10(2)13(14)17/h3-8,10H,1-2H3,(H2,14,17)(H,15,16)/b8-7+. The van der Waals surface area contributed by atoms with Crippen LogP contribution in [0.1, 0.15) is 18.1 Å². The maximum absolute atomic E-state index is 11.4. The lowest BCUT2D eigenvalue weighted by Gasteiger charge is -2.06. The van der Waals surface area contributed by atoms with E-state index in [-0.39, 0.29) is 5.91 Å². The lowest BCUT2D eigenvalue weighted by Crippen LogP contribution is -2.41. The van der Waals surface area contributed by atoms with Gasteiger partial charge in [-0.2, -0.15) is 0 Å². The molecule has 0 saturated heterocycles. The molecule has 1 rings (SSSR count). The van der Waals surface area contributed by atoms with Crippen LogP contribution in [0.25, 0.3) is 6.08 Å². The Bertz CT molecular complexity index is 435. The van der Waals surface area contributed by atoms with E-state index in [9.17, 15) is 9.59 Å². The number of carbonyl (C=O) groups excluding carboxylic acids is 2. The van der Waals surface area contributed by atoms with Crippen LogP contribution in [0, 0.1) is 6.92 Å². The van der Waals surface area contributed by atoms with Crippen molar-refractivity contribution in [2.24, 2.45) is 5.73 Å². The van der Waals surface area contributed by atoms with E-state index in [1.807, 2.05) is 31.2 Å². The van der Waals surface area contributed by atoms with Gasteiger partial charge in [-0.1, -0.05) is 29.8 Å². The van der Waals surface area contributed by atoms with Gasteiger partial charge >= 0.3 is 0 Å². The summed E-state index contributed by atoms with van der Waals surface area (Å²) in [4.78, 5) is 22.1. The summed E-state index contributed by atoms with van der Waals surface area (Å²) in [6, 6.07) is 7.09. The zero-order valence-corrected chi connectivity index (χ0v) is 9.94. The molecule has 1 unspecified atom stereocenters. The lowest BCUT2D eigenvalue weighted by molar-refractivity contribution is -0.124. The number of rotatable bonds is 4.